The topological polar surface area (TPSA) is 100 Å². The van der Waals surface area contributed by atoms with E-state index in [9.17, 15) is 28.1 Å². The van der Waals surface area contributed by atoms with Gasteiger partial charge in [-0.05, 0) is 66.4 Å². The van der Waals surface area contributed by atoms with Crippen molar-refractivity contribution in [1.29, 1.82) is 0 Å². The lowest BCUT2D eigenvalue weighted by Gasteiger charge is -2.13. The van der Waals surface area contributed by atoms with Crippen LogP contribution in [0.5, 0.6) is 17.2 Å². The van der Waals surface area contributed by atoms with Crippen molar-refractivity contribution in [2.24, 2.45) is 4.99 Å². The van der Waals surface area contributed by atoms with Crippen LogP contribution in [0.2, 0.25) is 0 Å². The molecule has 1 heterocycles. The molecule has 0 amide bonds. The van der Waals surface area contributed by atoms with Crippen LogP contribution in [-0.4, -0.2) is 23.4 Å². The van der Waals surface area contributed by atoms with E-state index in [-0.39, 0.29) is 29.7 Å². The average Bonchev–Trinajstić information content (AvgIpc) is 3.25. The van der Waals surface area contributed by atoms with Crippen molar-refractivity contribution in [1.82, 2.24) is 0 Å². The number of hydrogen-bond acceptors (Lipinski definition) is 7. The molecule has 3 aromatic rings. The van der Waals surface area contributed by atoms with Crippen LogP contribution in [0.3, 0.4) is 0 Å². The van der Waals surface area contributed by atoms with Gasteiger partial charge < -0.3 is 14.2 Å². The van der Waals surface area contributed by atoms with Crippen LogP contribution in [0, 0.1) is 10.1 Å². The summed E-state index contributed by atoms with van der Waals surface area (Å²) in [5.74, 6) is -0.333. The summed E-state index contributed by atoms with van der Waals surface area (Å²) in [6, 6.07) is 14.0. The maximum atomic E-state index is 13.0. The number of carbonyl (C=O) groups excluding carboxylic acids is 1. The first-order valence-electron chi connectivity index (χ1n) is 11.9. The van der Waals surface area contributed by atoms with Gasteiger partial charge in [-0.1, -0.05) is 32.0 Å². The fraction of sp³-hybridized carbons (Fsp3) is 0.214. The molecule has 0 aromatic heterocycles. The molecule has 202 valence electrons. The maximum Gasteiger partial charge on any atom is 0.416 e. The van der Waals surface area contributed by atoms with E-state index < -0.39 is 34.1 Å². The van der Waals surface area contributed by atoms with Gasteiger partial charge in [-0.3, -0.25) is 10.1 Å². The number of nitro benzene ring substituents is 1. The summed E-state index contributed by atoms with van der Waals surface area (Å²) in [5.41, 5.74) is 0.287. The molecule has 0 saturated carbocycles. The lowest BCUT2D eigenvalue weighted by atomic mass is 10.0. The van der Waals surface area contributed by atoms with Gasteiger partial charge in [-0.25, -0.2) is 9.79 Å². The Kier molecular flexibility index (Phi) is 7.70. The number of nitrogens with zero attached hydrogens (tertiary/aromatic N) is 2. The minimum absolute atomic E-state index is 0.0327. The van der Waals surface area contributed by atoms with Crippen LogP contribution in [0.25, 0.3) is 6.08 Å². The number of esters is 1. The SMILES string of the molecule is CCOc1cc(/C=C2\N=C(c3ccc(C(C)C)cc3)OC2=O)ccc1Oc1ccc(C(F)(F)F)cc1[N+](=O)[O-]. The number of aliphatic imine (C=N–C) groups is 1. The third kappa shape index (κ3) is 6.25. The zero-order chi connectivity index (χ0) is 28.3. The Balaban J connectivity index is 1.63. The van der Waals surface area contributed by atoms with Crippen molar-refractivity contribution in [3.05, 3.63) is 98.7 Å². The van der Waals surface area contributed by atoms with Crippen LogP contribution in [0.1, 0.15) is 48.9 Å². The highest BCUT2D eigenvalue weighted by molar-refractivity contribution is 6.12. The molecular formula is C28H23F3N2O6. The second-order valence-electron chi connectivity index (χ2n) is 8.79. The fourth-order valence-corrected chi connectivity index (χ4v) is 3.71. The summed E-state index contributed by atoms with van der Waals surface area (Å²) in [7, 11) is 0. The largest absolute Gasteiger partial charge is 0.490 e. The second kappa shape index (κ2) is 11.0. The summed E-state index contributed by atoms with van der Waals surface area (Å²) in [6.45, 7) is 6.04. The fourth-order valence-electron chi connectivity index (χ4n) is 3.71. The summed E-state index contributed by atoms with van der Waals surface area (Å²) < 4.78 is 55.6. The minimum atomic E-state index is -4.75. The number of hydrogen-bond donors (Lipinski definition) is 0. The Hall–Kier alpha value is -4.67. The van der Waals surface area contributed by atoms with Gasteiger partial charge in [-0.2, -0.15) is 13.2 Å². The number of alkyl halides is 3. The summed E-state index contributed by atoms with van der Waals surface area (Å²) in [4.78, 5) is 27.2. The number of nitro groups is 1. The highest BCUT2D eigenvalue weighted by Crippen LogP contribution is 2.40. The Morgan fingerprint density at radius 2 is 1.72 bits per heavy atom. The molecule has 0 spiro atoms. The first-order valence-corrected chi connectivity index (χ1v) is 11.9. The molecule has 0 unspecified atom stereocenters. The number of carbonyl (C=O) groups is 1. The Bertz CT molecular complexity index is 1480. The minimum Gasteiger partial charge on any atom is -0.490 e. The van der Waals surface area contributed by atoms with Gasteiger partial charge in [0.25, 0.3) is 0 Å². The molecule has 8 nitrogen and oxygen atoms in total. The molecule has 1 aliphatic rings. The lowest BCUT2D eigenvalue weighted by molar-refractivity contribution is -0.385. The van der Waals surface area contributed by atoms with Crippen molar-refractivity contribution in [3.8, 4) is 17.2 Å². The van der Waals surface area contributed by atoms with E-state index in [0.29, 0.717) is 29.2 Å². The second-order valence-corrected chi connectivity index (χ2v) is 8.79. The van der Waals surface area contributed by atoms with Crippen LogP contribution in [0.4, 0.5) is 18.9 Å². The molecule has 4 rings (SSSR count). The number of ether oxygens (including phenoxy) is 3. The first kappa shape index (κ1) is 27.4. The summed E-state index contributed by atoms with van der Waals surface area (Å²) in [6.07, 6.45) is -3.28. The van der Waals surface area contributed by atoms with Gasteiger partial charge in [0.1, 0.15) is 0 Å². The van der Waals surface area contributed by atoms with E-state index in [1.165, 1.54) is 18.2 Å². The molecule has 0 bridgehead atoms. The Morgan fingerprint density at radius 1 is 1.03 bits per heavy atom. The lowest BCUT2D eigenvalue weighted by Crippen LogP contribution is -2.06. The first-order chi connectivity index (χ1) is 18.5. The van der Waals surface area contributed by atoms with E-state index in [1.54, 1.807) is 13.0 Å². The molecule has 0 atom stereocenters. The predicted octanol–water partition coefficient (Wildman–Crippen LogP) is 7.27. The van der Waals surface area contributed by atoms with E-state index in [2.05, 4.69) is 18.8 Å². The summed E-state index contributed by atoms with van der Waals surface area (Å²) in [5, 5.41) is 11.4. The van der Waals surface area contributed by atoms with E-state index in [0.717, 1.165) is 11.6 Å². The Morgan fingerprint density at radius 3 is 2.33 bits per heavy atom. The molecule has 0 saturated heterocycles. The standard InChI is InChI=1S/C28H23F3N2O6/c1-4-37-25-14-17(13-21-27(34)39-26(32-21)19-8-6-18(7-9-19)16(2)3)5-11-24(25)38-23-12-10-20(28(29,30)31)15-22(23)33(35)36/h5-16H,4H2,1-3H3/b21-13-. The van der Waals surface area contributed by atoms with Gasteiger partial charge in [0.2, 0.25) is 11.6 Å². The van der Waals surface area contributed by atoms with Crippen molar-refractivity contribution in [2.75, 3.05) is 6.61 Å². The molecule has 11 heteroatoms. The zero-order valence-electron chi connectivity index (χ0n) is 21.1. The molecule has 0 N–H and O–H groups in total. The van der Waals surface area contributed by atoms with E-state index >= 15 is 0 Å². The molecule has 39 heavy (non-hydrogen) atoms. The highest BCUT2D eigenvalue weighted by Gasteiger charge is 2.33. The predicted molar refractivity (Wildman–Crippen MR) is 137 cm³/mol. The van der Waals surface area contributed by atoms with Crippen molar-refractivity contribution >= 4 is 23.6 Å². The van der Waals surface area contributed by atoms with Crippen LogP contribution in [0.15, 0.2) is 71.4 Å². The molecule has 0 aliphatic carbocycles. The number of rotatable bonds is 8. The Labute approximate surface area is 221 Å². The smallest absolute Gasteiger partial charge is 0.416 e. The van der Waals surface area contributed by atoms with Crippen LogP contribution < -0.4 is 9.47 Å². The van der Waals surface area contributed by atoms with E-state index in [4.69, 9.17) is 14.2 Å². The molecular weight excluding hydrogens is 517 g/mol. The van der Waals surface area contributed by atoms with Crippen molar-refractivity contribution in [2.45, 2.75) is 32.9 Å². The van der Waals surface area contributed by atoms with Crippen LogP contribution in [-0.2, 0) is 15.7 Å². The van der Waals surface area contributed by atoms with Gasteiger partial charge in [0.05, 0.1) is 17.1 Å². The molecule has 0 fully saturated rings. The monoisotopic (exact) mass is 540 g/mol. The zero-order valence-corrected chi connectivity index (χ0v) is 21.1. The van der Waals surface area contributed by atoms with Gasteiger partial charge in [0.15, 0.2) is 17.2 Å². The number of benzene rings is 3. The molecule has 0 radical (unpaired) electrons. The number of halogens is 3. The molecule has 1 aliphatic heterocycles. The highest BCUT2D eigenvalue weighted by atomic mass is 19.4. The van der Waals surface area contributed by atoms with E-state index in [1.807, 2.05) is 24.3 Å². The summed E-state index contributed by atoms with van der Waals surface area (Å²) >= 11 is 0. The normalized spacial score (nSPS) is 14.4. The van der Waals surface area contributed by atoms with Crippen LogP contribution >= 0.6 is 0 Å². The average molecular weight is 540 g/mol. The van der Waals surface area contributed by atoms with Gasteiger partial charge in [-0.15, -0.1) is 0 Å². The third-order valence-electron chi connectivity index (χ3n) is 5.72. The quantitative estimate of drug-likeness (QED) is 0.129. The number of cyclic esters (lactones) is 1. The molecule has 3 aromatic carbocycles. The van der Waals surface area contributed by atoms with Gasteiger partial charge in [0, 0.05) is 11.6 Å². The maximum absolute atomic E-state index is 13.0. The van der Waals surface area contributed by atoms with Crippen molar-refractivity contribution in [3.63, 3.8) is 0 Å². The third-order valence-corrected chi connectivity index (χ3v) is 5.72. The van der Waals surface area contributed by atoms with Gasteiger partial charge >= 0.3 is 17.8 Å². The van der Waals surface area contributed by atoms with Crippen molar-refractivity contribution < 1.29 is 37.1 Å².